The van der Waals surface area contributed by atoms with E-state index in [0.717, 1.165) is 18.4 Å². The lowest BCUT2D eigenvalue weighted by atomic mass is 10.1. The maximum Gasteiger partial charge on any atom is 0.348 e. The molecule has 0 fully saturated rings. The monoisotopic (exact) mass is 365 g/mol. The molecule has 2 aromatic carbocycles. The number of nitrogens with zero attached hydrogens (tertiary/aromatic N) is 1. The number of methoxy groups -OCH3 is 1. The van der Waals surface area contributed by atoms with E-state index < -0.39 is 5.97 Å². The van der Waals surface area contributed by atoms with Gasteiger partial charge in [-0.25, -0.2) is 4.79 Å². The largest absolute Gasteiger partial charge is 0.497 e. The first-order chi connectivity index (χ1) is 13.2. The van der Waals surface area contributed by atoms with E-state index in [0.29, 0.717) is 30.3 Å². The van der Waals surface area contributed by atoms with E-state index in [4.69, 9.17) is 14.2 Å². The SMILES string of the molecule is CCCCOC(=O)/C(C#N)=C/c1ccc(OC)cc1OCc1ccccc1. The first-order valence-corrected chi connectivity index (χ1v) is 8.81. The van der Waals surface area contributed by atoms with E-state index >= 15 is 0 Å². The van der Waals surface area contributed by atoms with Crippen molar-refractivity contribution in [3.63, 3.8) is 0 Å². The van der Waals surface area contributed by atoms with Crippen LogP contribution < -0.4 is 9.47 Å². The van der Waals surface area contributed by atoms with Crippen LogP contribution in [0.4, 0.5) is 0 Å². The zero-order valence-electron chi connectivity index (χ0n) is 15.6. The van der Waals surface area contributed by atoms with Crippen molar-refractivity contribution < 1.29 is 19.0 Å². The minimum Gasteiger partial charge on any atom is -0.497 e. The molecular formula is C22H23NO4. The van der Waals surface area contributed by atoms with Crippen molar-refractivity contribution in [2.45, 2.75) is 26.4 Å². The molecule has 0 atom stereocenters. The van der Waals surface area contributed by atoms with E-state index in [-0.39, 0.29) is 5.57 Å². The molecule has 140 valence electrons. The lowest BCUT2D eigenvalue weighted by molar-refractivity contribution is -0.138. The number of esters is 1. The number of ether oxygens (including phenoxy) is 3. The molecule has 27 heavy (non-hydrogen) atoms. The highest BCUT2D eigenvalue weighted by Crippen LogP contribution is 2.28. The molecule has 0 aromatic heterocycles. The average Bonchev–Trinajstić information content (AvgIpc) is 2.71. The van der Waals surface area contributed by atoms with Crippen molar-refractivity contribution in [3.05, 3.63) is 65.2 Å². The fraction of sp³-hybridized carbons (Fsp3) is 0.273. The van der Waals surface area contributed by atoms with Crippen LogP contribution in [0, 0.1) is 11.3 Å². The van der Waals surface area contributed by atoms with Gasteiger partial charge in [-0.05, 0) is 30.2 Å². The summed E-state index contributed by atoms with van der Waals surface area (Å²) in [5.41, 5.74) is 1.55. The number of carbonyl (C=O) groups is 1. The predicted octanol–water partition coefficient (Wildman–Crippen LogP) is 4.52. The highest BCUT2D eigenvalue weighted by molar-refractivity contribution is 5.98. The summed E-state index contributed by atoms with van der Waals surface area (Å²) < 4.78 is 16.3. The van der Waals surface area contributed by atoms with Gasteiger partial charge in [0, 0.05) is 11.6 Å². The summed E-state index contributed by atoms with van der Waals surface area (Å²) >= 11 is 0. The first kappa shape index (κ1) is 20.1. The van der Waals surface area contributed by atoms with Crippen LogP contribution in [0.5, 0.6) is 11.5 Å². The Labute approximate surface area is 159 Å². The van der Waals surface area contributed by atoms with Gasteiger partial charge >= 0.3 is 5.97 Å². The van der Waals surface area contributed by atoms with Gasteiger partial charge in [-0.1, -0.05) is 43.7 Å². The highest BCUT2D eigenvalue weighted by atomic mass is 16.5. The lowest BCUT2D eigenvalue weighted by Gasteiger charge is -2.12. The Bertz CT molecular complexity index is 822. The minimum atomic E-state index is -0.629. The molecule has 0 aliphatic heterocycles. The van der Waals surface area contributed by atoms with Gasteiger partial charge in [-0.2, -0.15) is 5.26 Å². The summed E-state index contributed by atoms with van der Waals surface area (Å²) in [5.74, 6) is 0.516. The molecule has 0 radical (unpaired) electrons. The van der Waals surface area contributed by atoms with E-state index in [1.165, 1.54) is 6.08 Å². The molecular weight excluding hydrogens is 342 g/mol. The molecule has 5 nitrogen and oxygen atoms in total. The molecule has 0 aliphatic rings. The van der Waals surface area contributed by atoms with Crippen LogP contribution in [0.1, 0.15) is 30.9 Å². The van der Waals surface area contributed by atoms with Crippen molar-refractivity contribution in [1.82, 2.24) is 0 Å². The molecule has 0 bridgehead atoms. The van der Waals surface area contributed by atoms with Gasteiger partial charge < -0.3 is 14.2 Å². The third kappa shape index (κ3) is 6.19. The van der Waals surface area contributed by atoms with Crippen molar-refractivity contribution in [3.8, 4) is 17.6 Å². The fourth-order valence-electron chi connectivity index (χ4n) is 2.30. The van der Waals surface area contributed by atoms with E-state index in [9.17, 15) is 10.1 Å². The molecule has 0 aliphatic carbocycles. The van der Waals surface area contributed by atoms with Crippen LogP contribution in [-0.4, -0.2) is 19.7 Å². The Hall–Kier alpha value is -3.26. The molecule has 0 heterocycles. The Kier molecular flexibility index (Phi) is 7.92. The molecule has 2 rings (SSSR count). The second-order valence-electron chi connectivity index (χ2n) is 5.84. The number of benzene rings is 2. The van der Waals surface area contributed by atoms with Gasteiger partial charge in [-0.15, -0.1) is 0 Å². The van der Waals surface area contributed by atoms with Crippen LogP contribution in [-0.2, 0) is 16.1 Å². The average molecular weight is 365 g/mol. The van der Waals surface area contributed by atoms with Gasteiger partial charge in [0.05, 0.1) is 13.7 Å². The summed E-state index contributed by atoms with van der Waals surface area (Å²) in [7, 11) is 1.57. The summed E-state index contributed by atoms with van der Waals surface area (Å²) in [5, 5.41) is 9.33. The third-order valence-electron chi connectivity index (χ3n) is 3.83. The number of nitriles is 1. The second kappa shape index (κ2) is 10.7. The summed E-state index contributed by atoms with van der Waals surface area (Å²) in [6, 6.07) is 16.9. The van der Waals surface area contributed by atoms with Crippen LogP contribution in [0.25, 0.3) is 6.08 Å². The van der Waals surface area contributed by atoms with Crippen molar-refractivity contribution in [1.29, 1.82) is 5.26 Å². The van der Waals surface area contributed by atoms with Crippen LogP contribution >= 0.6 is 0 Å². The maximum atomic E-state index is 12.1. The smallest absolute Gasteiger partial charge is 0.348 e. The molecule has 0 amide bonds. The van der Waals surface area contributed by atoms with Crippen molar-refractivity contribution in [2.24, 2.45) is 0 Å². The van der Waals surface area contributed by atoms with Gasteiger partial charge in [0.2, 0.25) is 0 Å². The molecule has 0 saturated carbocycles. The summed E-state index contributed by atoms with van der Waals surface area (Å²) in [4.78, 5) is 12.1. The van der Waals surface area contributed by atoms with E-state index in [2.05, 4.69) is 0 Å². The predicted molar refractivity (Wildman–Crippen MR) is 103 cm³/mol. The summed E-state index contributed by atoms with van der Waals surface area (Å²) in [6.07, 6.45) is 3.15. The van der Waals surface area contributed by atoms with Gasteiger partial charge in [0.1, 0.15) is 29.7 Å². The van der Waals surface area contributed by atoms with E-state index in [1.54, 1.807) is 25.3 Å². The zero-order chi connectivity index (χ0) is 19.5. The molecule has 2 aromatic rings. The standard InChI is InChI=1S/C22H23NO4/c1-3-4-12-26-22(24)19(15-23)13-18-10-11-20(25-2)14-21(18)27-16-17-8-6-5-7-9-17/h5-11,13-14H,3-4,12,16H2,1-2H3/b19-13+. The van der Waals surface area contributed by atoms with Gasteiger partial charge in [0.25, 0.3) is 0 Å². The molecule has 0 unspecified atom stereocenters. The number of hydrogen-bond donors (Lipinski definition) is 0. The third-order valence-corrected chi connectivity index (χ3v) is 3.83. The van der Waals surface area contributed by atoms with Crippen LogP contribution in [0.3, 0.4) is 0 Å². The highest BCUT2D eigenvalue weighted by Gasteiger charge is 2.13. The Morgan fingerprint density at radius 2 is 1.96 bits per heavy atom. The quantitative estimate of drug-likeness (QED) is 0.283. The molecule has 5 heteroatoms. The van der Waals surface area contributed by atoms with Crippen LogP contribution in [0.15, 0.2) is 54.1 Å². The van der Waals surface area contributed by atoms with E-state index in [1.807, 2.05) is 43.3 Å². The molecule has 0 saturated heterocycles. The number of unbranched alkanes of at least 4 members (excludes halogenated alkanes) is 1. The molecule has 0 spiro atoms. The second-order valence-corrected chi connectivity index (χ2v) is 5.84. The van der Waals surface area contributed by atoms with Gasteiger partial charge in [0.15, 0.2) is 0 Å². The van der Waals surface area contributed by atoms with Crippen molar-refractivity contribution in [2.75, 3.05) is 13.7 Å². The van der Waals surface area contributed by atoms with Crippen LogP contribution in [0.2, 0.25) is 0 Å². The Balaban J connectivity index is 2.23. The lowest BCUT2D eigenvalue weighted by Crippen LogP contribution is -2.08. The Morgan fingerprint density at radius 1 is 1.19 bits per heavy atom. The first-order valence-electron chi connectivity index (χ1n) is 8.81. The fourth-order valence-corrected chi connectivity index (χ4v) is 2.30. The minimum absolute atomic E-state index is 0.0687. The normalized spacial score (nSPS) is 10.8. The summed E-state index contributed by atoms with van der Waals surface area (Å²) in [6.45, 7) is 2.66. The zero-order valence-corrected chi connectivity index (χ0v) is 15.6. The number of rotatable bonds is 9. The van der Waals surface area contributed by atoms with Gasteiger partial charge in [-0.3, -0.25) is 0 Å². The number of hydrogen-bond acceptors (Lipinski definition) is 5. The van der Waals surface area contributed by atoms with Crippen molar-refractivity contribution >= 4 is 12.0 Å². The Morgan fingerprint density at radius 3 is 2.63 bits per heavy atom. The topological polar surface area (TPSA) is 68.6 Å². The molecule has 0 N–H and O–H groups in total. The number of carbonyl (C=O) groups excluding carboxylic acids is 1. The maximum absolute atomic E-state index is 12.1.